The Labute approximate surface area is 151 Å². The summed E-state index contributed by atoms with van der Waals surface area (Å²) in [6, 6.07) is 10.2. The summed E-state index contributed by atoms with van der Waals surface area (Å²) in [5.41, 5.74) is 0.996. The highest BCUT2D eigenvalue weighted by atomic mass is 16.6. The molecule has 0 spiro atoms. The van der Waals surface area contributed by atoms with E-state index in [-0.39, 0.29) is 18.7 Å². The number of carbonyl (C=O) groups is 1. The first-order valence-electron chi connectivity index (χ1n) is 9.29. The zero-order valence-corrected chi connectivity index (χ0v) is 15.7. The van der Waals surface area contributed by atoms with Crippen LogP contribution in [0, 0.1) is 5.92 Å². The molecule has 1 aliphatic heterocycles. The molecular formula is C20H32N2O3. The molecule has 1 aromatic rings. The maximum atomic E-state index is 12.7. The lowest BCUT2D eigenvalue weighted by atomic mass is 9.97. The first-order chi connectivity index (χ1) is 12.0. The van der Waals surface area contributed by atoms with Crippen molar-refractivity contribution >= 4 is 6.09 Å². The van der Waals surface area contributed by atoms with Crippen molar-refractivity contribution in [3.63, 3.8) is 0 Å². The predicted octanol–water partition coefficient (Wildman–Crippen LogP) is 3.13. The van der Waals surface area contributed by atoms with Crippen LogP contribution in [0.1, 0.15) is 38.7 Å². The molecule has 5 heteroatoms. The van der Waals surface area contributed by atoms with Gasteiger partial charge in [-0.05, 0) is 37.8 Å². The number of likely N-dealkylation sites (N-methyl/N-ethyl adjacent to an activating group) is 1. The molecule has 1 N–H and O–H groups in total. The van der Waals surface area contributed by atoms with Crippen molar-refractivity contribution in [2.75, 3.05) is 26.7 Å². The van der Waals surface area contributed by atoms with E-state index in [9.17, 15) is 4.79 Å². The average Bonchev–Trinajstić information content (AvgIpc) is 2.60. The summed E-state index contributed by atoms with van der Waals surface area (Å²) < 4.78 is 5.57. The Kier molecular flexibility index (Phi) is 7.72. The van der Waals surface area contributed by atoms with E-state index in [1.807, 2.05) is 35.2 Å². The van der Waals surface area contributed by atoms with Gasteiger partial charge in [-0.2, -0.15) is 0 Å². The first kappa shape index (κ1) is 19.7. The molecule has 0 aliphatic carbocycles. The lowest BCUT2D eigenvalue weighted by Gasteiger charge is -2.45. The van der Waals surface area contributed by atoms with Crippen LogP contribution in [-0.4, -0.2) is 59.8 Å². The maximum Gasteiger partial charge on any atom is 0.410 e. The number of carbonyl (C=O) groups excluding carboxylic acids is 1. The average molecular weight is 348 g/mol. The Bertz CT molecular complexity index is 521. The van der Waals surface area contributed by atoms with Crippen LogP contribution < -0.4 is 0 Å². The van der Waals surface area contributed by atoms with Gasteiger partial charge < -0.3 is 14.7 Å². The summed E-state index contributed by atoms with van der Waals surface area (Å²) in [6.07, 6.45) is 2.32. The SMILES string of the molecule is CC(C)C[C@@H]1CN(C(=O)OCc2ccccc2)[C@@H](CCCO)CN1C. The monoisotopic (exact) mass is 348 g/mol. The first-order valence-corrected chi connectivity index (χ1v) is 9.29. The molecule has 2 rings (SSSR count). The summed E-state index contributed by atoms with van der Waals surface area (Å²) in [6.45, 7) is 6.40. The van der Waals surface area contributed by atoms with Crippen molar-refractivity contribution in [3.05, 3.63) is 35.9 Å². The van der Waals surface area contributed by atoms with Crippen molar-refractivity contribution < 1.29 is 14.6 Å². The Morgan fingerprint density at radius 1 is 1.24 bits per heavy atom. The lowest BCUT2D eigenvalue weighted by molar-refractivity contribution is 0.0162. The zero-order chi connectivity index (χ0) is 18.2. The largest absolute Gasteiger partial charge is 0.445 e. The van der Waals surface area contributed by atoms with Crippen molar-refractivity contribution in [2.45, 2.75) is 51.8 Å². The highest BCUT2D eigenvalue weighted by Gasteiger charge is 2.35. The standard InChI is InChI=1S/C20H32N2O3/c1-16(2)12-19-14-22(18(10-7-11-23)13-21(19)3)20(24)25-15-17-8-5-4-6-9-17/h4-6,8-9,16,18-19,23H,7,10-15H2,1-3H3/t18-,19+/m0/s1. The number of hydrogen-bond acceptors (Lipinski definition) is 4. The van der Waals surface area contributed by atoms with Gasteiger partial charge >= 0.3 is 6.09 Å². The van der Waals surface area contributed by atoms with Gasteiger partial charge in [0.25, 0.3) is 0 Å². The van der Waals surface area contributed by atoms with Crippen LogP contribution in [0.4, 0.5) is 4.79 Å². The number of aliphatic hydroxyl groups excluding tert-OH is 1. The van der Waals surface area contributed by atoms with E-state index in [1.54, 1.807) is 0 Å². The van der Waals surface area contributed by atoms with Crippen LogP contribution in [0.15, 0.2) is 30.3 Å². The molecule has 0 saturated carbocycles. The Balaban J connectivity index is 2.01. The van der Waals surface area contributed by atoms with Gasteiger partial charge in [0.2, 0.25) is 0 Å². The van der Waals surface area contributed by atoms with Crippen LogP contribution in [0.3, 0.4) is 0 Å². The Morgan fingerprint density at radius 2 is 1.96 bits per heavy atom. The fourth-order valence-corrected chi connectivity index (χ4v) is 3.49. The van der Waals surface area contributed by atoms with Crippen molar-refractivity contribution in [1.82, 2.24) is 9.80 Å². The van der Waals surface area contributed by atoms with Gasteiger partial charge in [-0.1, -0.05) is 44.2 Å². The van der Waals surface area contributed by atoms with Crippen molar-refractivity contribution in [1.29, 1.82) is 0 Å². The zero-order valence-electron chi connectivity index (χ0n) is 15.7. The molecule has 1 fully saturated rings. The van der Waals surface area contributed by atoms with Gasteiger partial charge in [0.1, 0.15) is 6.61 Å². The normalized spacial score (nSPS) is 21.6. The van der Waals surface area contributed by atoms with E-state index in [0.717, 1.165) is 24.9 Å². The number of amides is 1. The van der Waals surface area contributed by atoms with Gasteiger partial charge in [-0.25, -0.2) is 4.79 Å². The van der Waals surface area contributed by atoms with E-state index < -0.39 is 0 Å². The van der Waals surface area contributed by atoms with E-state index in [2.05, 4.69) is 25.8 Å². The third kappa shape index (κ3) is 6.01. The van der Waals surface area contributed by atoms with Gasteiger partial charge in [-0.15, -0.1) is 0 Å². The van der Waals surface area contributed by atoms with Crippen LogP contribution in [0.2, 0.25) is 0 Å². The van der Waals surface area contributed by atoms with Gasteiger partial charge in [0.15, 0.2) is 0 Å². The molecular weight excluding hydrogens is 316 g/mol. The van der Waals surface area contributed by atoms with E-state index in [1.165, 1.54) is 0 Å². The molecule has 0 radical (unpaired) electrons. The molecule has 0 bridgehead atoms. The molecule has 2 atom stereocenters. The number of rotatable bonds is 7. The summed E-state index contributed by atoms with van der Waals surface area (Å²) in [4.78, 5) is 16.9. The van der Waals surface area contributed by atoms with Crippen LogP contribution in [-0.2, 0) is 11.3 Å². The molecule has 1 aromatic carbocycles. The number of aliphatic hydroxyl groups is 1. The predicted molar refractivity (Wildman–Crippen MR) is 99.3 cm³/mol. The minimum Gasteiger partial charge on any atom is -0.445 e. The number of hydrogen-bond donors (Lipinski definition) is 1. The van der Waals surface area contributed by atoms with E-state index >= 15 is 0 Å². The molecule has 1 amide bonds. The summed E-state index contributed by atoms with van der Waals surface area (Å²) in [5, 5.41) is 9.16. The summed E-state index contributed by atoms with van der Waals surface area (Å²) in [5.74, 6) is 0.587. The molecule has 25 heavy (non-hydrogen) atoms. The van der Waals surface area contributed by atoms with Crippen molar-refractivity contribution in [2.24, 2.45) is 5.92 Å². The van der Waals surface area contributed by atoms with E-state index in [0.29, 0.717) is 31.5 Å². The van der Waals surface area contributed by atoms with Gasteiger partial charge in [0, 0.05) is 31.8 Å². The molecule has 1 saturated heterocycles. The van der Waals surface area contributed by atoms with Gasteiger partial charge in [-0.3, -0.25) is 4.90 Å². The second kappa shape index (κ2) is 9.78. The molecule has 140 valence electrons. The third-order valence-electron chi connectivity index (χ3n) is 4.85. The second-order valence-electron chi connectivity index (χ2n) is 7.44. The molecule has 0 unspecified atom stereocenters. The summed E-state index contributed by atoms with van der Waals surface area (Å²) in [7, 11) is 2.13. The van der Waals surface area contributed by atoms with Crippen LogP contribution in [0.5, 0.6) is 0 Å². The van der Waals surface area contributed by atoms with E-state index in [4.69, 9.17) is 9.84 Å². The quantitative estimate of drug-likeness (QED) is 0.822. The third-order valence-corrected chi connectivity index (χ3v) is 4.85. The smallest absolute Gasteiger partial charge is 0.410 e. The molecule has 1 aliphatic rings. The van der Waals surface area contributed by atoms with Crippen LogP contribution in [0.25, 0.3) is 0 Å². The lowest BCUT2D eigenvalue weighted by Crippen LogP contribution is -2.59. The number of nitrogens with zero attached hydrogens (tertiary/aromatic N) is 2. The fourth-order valence-electron chi connectivity index (χ4n) is 3.49. The Hall–Kier alpha value is -1.59. The fraction of sp³-hybridized carbons (Fsp3) is 0.650. The highest BCUT2D eigenvalue weighted by molar-refractivity contribution is 5.68. The molecule has 5 nitrogen and oxygen atoms in total. The van der Waals surface area contributed by atoms with Crippen molar-refractivity contribution in [3.8, 4) is 0 Å². The minimum absolute atomic E-state index is 0.101. The minimum atomic E-state index is -0.242. The van der Waals surface area contributed by atoms with Crippen LogP contribution >= 0.6 is 0 Å². The maximum absolute atomic E-state index is 12.7. The molecule has 1 heterocycles. The number of benzene rings is 1. The number of ether oxygens (including phenoxy) is 1. The second-order valence-corrected chi connectivity index (χ2v) is 7.44. The topological polar surface area (TPSA) is 53.0 Å². The number of piperazine rings is 1. The molecule has 0 aromatic heterocycles. The van der Waals surface area contributed by atoms with Gasteiger partial charge in [0.05, 0.1) is 0 Å². The highest BCUT2D eigenvalue weighted by Crippen LogP contribution is 2.23. The summed E-state index contributed by atoms with van der Waals surface area (Å²) >= 11 is 0. The Morgan fingerprint density at radius 3 is 2.60 bits per heavy atom.